The first-order valence-corrected chi connectivity index (χ1v) is 14.9. The highest BCUT2D eigenvalue weighted by molar-refractivity contribution is 6.43. The second-order valence-electron chi connectivity index (χ2n) is 11.1. The van der Waals surface area contributed by atoms with E-state index in [0.29, 0.717) is 74.5 Å². The molecule has 206 valence electrons. The van der Waals surface area contributed by atoms with Gasteiger partial charge >= 0.3 is 0 Å². The third-order valence-corrected chi connectivity index (χ3v) is 9.87. The van der Waals surface area contributed by atoms with Gasteiger partial charge in [-0.25, -0.2) is 4.68 Å². The topological polar surface area (TPSA) is 83.0 Å². The SMILES string of the molecule is CC[C@@H]1C[C@@H]2CC[C@H]1N2c1nc2c(c(-c3ccc4nn(CC)c(Cl)c4c3Cl)nn2C2CCCCO2)c(=O)n1C. The van der Waals surface area contributed by atoms with Gasteiger partial charge in [0.1, 0.15) is 16.2 Å². The van der Waals surface area contributed by atoms with Crippen molar-refractivity contribution in [2.24, 2.45) is 13.0 Å². The highest BCUT2D eigenvalue weighted by Gasteiger charge is 2.47. The Morgan fingerprint density at radius 1 is 1.08 bits per heavy atom. The van der Waals surface area contributed by atoms with Crippen LogP contribution in [0.25, 0.3) is 33.2 Å². The Morgan fingerprint density at radius 3 is 2.64 bits per heavy atom. The van der Waals surface area contributed by atoms with Crippen molar-refractivity contribution in [3.63, 3.8) is 0 Å². The van der Waals surface area contributed by atoms with Crippen molar-refractivity contribution in [1.29, 1.82) is 0 Å². The summed E-state index contributed by atoms with van der Waals surface area (Å²) in [5.74, 6) is 1.37. The van der Waals surface area contributed by atoms with E-state index in [-0.39, 0.29) is 11.8 Å². The van der Waals surface area contributed by atoms with Crippen LogP contribution in [0.1, 0.15) is 65.0 Å². The highest BCUT2D eigenvalue weighted by atomic mass is 35.5. The average Bonchev–Trinajstić information content (AvgIpc) is 3.71. The molecule has 3 aliphatic heterocycles. The average molecular weight is 571 g/mol. The van der Waals surface area contributed by atoms with Crippen LogP contribution in [0.2, 0.25) is 10.2 Å². The van der Waals surface area contributed by atoms with Crippen molar-refractivity contribution < 1.29 is 4.74 Å². The van der Waals surface area contributed by atoms with Crippen molar-refractivity contribution in [2.45, 2.75) is 83.6 Å². The van der Waals surface area contributed by atoms with Crippen molar-refractivity contribution >= 4 is 51.1 Å². The maximum atomic E-state index is 14.2. The van der Waals surface area contributed by atoms with Crippen molar-refractivity contribution in [1.82, 2.24) is 29.1 Å². The zero-order chi connectivity index (χ0) is 27.0. The van der Waals surface area contributed by atoms with E-state index >= 15 is 0 Å². The molecule has 3 aliphatic rings. The Hall–Kier alpha value is -2.62. The molecule has 6 heterocycles. The third-order valence-electron chi connectivity index (χ3n) is 9.09. The number of ether oxygens (including phenoxy) is 1. The fourth-order valence-electron chi connectivity index (χ4n) is 7.10. The van der Waals surface area contributed by atoms with Crippen LogP contribution >= 0.6 is 23.2 Å². The van der Waals surface area contributed by atoms with Crippen molar-refractivity contribution in [2.75, 3.05) is 11.5 Å². The normalized spacial score (nSPS) is 25.0. The van der Waals surface area contributed by atoms with Crippen LogP contribution in [0.3, 0.4) is 0 Å². The summed E-state index contributed by atoms with van der Waals surface area (Å²) in [5, 5.41) is 11.6. The molecule has 0 radical (unpaired) electrons. The predicted octanol–water partition coefficient (Wildman–Crippen LogP) is 5.94. The molecule has 4 atom stereocenters. The molecule has 3 fully saturated rings. The molecular formula is C28H33Cl2N7O2. The van der Waals surface area contributed by atoms with E-state index in [0.717, 1.165) is 50.9 Å². The summed E-state index contributed by atoms with van der Waals surface area (Å²) in [4.78, 5) is 21.8. The molecule has 1 aromatic carbocycles. The molecule has 4 aromatic rings. The standard InChI is InChI=1S/C28H33Cl2N7O2/c1-4-15-14-16-9-12-19(15)36(16)28-31-26-22(27(38)34(28)3)24(33-37(26)20-8-6-7-13-39-20)17-10-11-18-21(23(17)29)25(30)35(5-2)32-18/h10-11,15-16,19-20H,4-9,12-14H2,1-3H3/t15-,16+,19-,20?/m1/s1. The Bertz CT molecular complexity index is 1650. The van der Waals surface area contributed by atoms with E-state index < -0.39 is 0 Å². The molecule has 0 saturated carbocycles. The Morgan fingerprint density at radius 2 is 1.92 bits per heavy atom. The minimum Gasteiger partial charge on any atom is -0.356 e. The first-order chi connectivity index (χ1) is 18.9. The quantitative estimate of drug-likeness (QED) is 0.296. The Labute approximate surface area is 236 Å². The van der Waals surface area contributed by atoms with Crippen LogP contribution in [0.15, 0.2) is 16.9 Å². The van der Waals surface area contributed by atoms with Crippen LogP contribution in [-0.4, -0.2) is 47.8 Å². The van der Waals surface area contributed by atoms with E-state index in [1.54, 1.807) is 9.25 Å². The summed E-state index contributed by atoms with van der Waals surface area (Å²) in [6.45, 7) is 5.53. The van der Waals surface area contributed by atoms with Crippen LogP contribution < -0.4 is 10.5 Å². The van der Waals surface area contributed by atoms with Crippen LogP contribution in [0.5, 0.6) is 0 Å². The van der Waals surface area contributed by atoms with E-state index in [9.17, 15) is 4.79 Å². The molecule has 39 heavy (non-hydrogen) atoms. The largest absolute Gasteiger partial charge is 0.356 e. The van der Waals surface area contributed by atoms with E-state index in [1.807, 2.05) is 30.8 Å². The van der Waals surface area contributed by atoms with Gasteiger partial charge in [0, 0.05) is 37.8 Å². The molecule has 9 nitrogen and oxygen atoms in total. The fourth-order valence-corrected chi connectivity index (χ4v) is 7.83. The first-order valence-electron chi connectivity index (χ1n) is 14.2. The molecule has 1 unspecified atom stereocenters. The monoisotopic (exact) mass is 569 g/mol. The van der Waals surface area contributed by atoms with E-state index in [2.05, 4.69) is 16.9 Å². The van der Waals surface area contributed by atoms with Gasteiger partial charge in [0.05, 0.1) is 15.9 Å². The lowest BCUT2D eigenvalue weighted by atomic mass is 9.87. The van der Waals surface area contributed by atoms with Gasteiger partial charge < -0.3 is 9.64 Å². The lowest BCUT2D eigenvalue weighted by molar-refractivity contribution is -0.0368. The lowest BCUT2D eigenvalue weighted by Crippen LogP contribution is -2.36. The number of rotatable bonds is 5. The number of hydrogen-bond acceptors (Lipinski definition) is 6. The molecule has 0 amide bonds. The Kier molecular flexibility index (Phi) is 6.17. The van der Waals surface area contributed by atoms with Crippen LogP contribution in [-0.2, 0) is 18.3 Å². The lowest BCUT2D eigenvalue weighted by Gasteiger charge is -2.27. The van der Waals surface area contributed by atoms with Gasteiger partial charge in [0.25, 0.3) is 5.56 Å². The summed E-state index contributed by atoms with van der Waals surface area (Å²) in [6, 6.07) is 4.61. The second-order valence-corrected chi connectivity index (χ2v) is 11.9. The van der Waals surface area contributed by atoms with Gasteiger partial charge in [-0.1, -0.05) is 36.5 Å². The van der Waals surface area contributed by atoms with Gasteiger partial charge in [-0.3, -0.25) is 14.0 Å². The van der Waals surface area contributed by atoms with Crippen LogP contribution in [0, 0.1) is 5.92 Å². The molecule has 0 spiro atoms. The minimum absolute atomic E-state index is 0.127. The molecule has 11 heteroatoms. The summed E-state index contributed by atoms with van der Waals surface area (Å²) in [7, 11) is 1.83. The zero-order valence-corrected chi connectivity index (χ0v) is 24.0. The number of hydrogen-bond donors (Lipinski definition) is 0. The van der Waals surface area contributed by atoms with Gasteiger partial charge in [-0.2, -0.15) is 15.2 Å². The molecule has 7 rings (SSSR count). The molecule has 3 aromatic heterocycles. The van der Waals surface area contributed by atoms with Crippen molar-refractivity contribution in [3.05, 3.63) is 32.7 Å². The summed E-state index contributed by atoms with van der Waals surface area (Å²) < 4.78 is 11.4. The molecule has 3 saturated heterocycles. The number of benzene rings is 1. The molecular weight excluding hydrogens is 537 g/mol. The number of halogens is 2. The number of nitrogens with zero attached hydrogens (tertiary/aromatic N) is 7. The third kappa shape index (κ3) is 3.69. The minimum atomic E-state index is -0.282. The van der Waals surface area contributed by atoms with Gasteiger partial charge in [-0.15, -0.1) is 0 Å². The van der Waals surface area contributed by atoms with Gasteiger partial charge in [0.15, 0.2) is 11.9 Å². The zero-order valence-electron chi connectivity index (χ0n) is 22.5. The highest BCUT2D eigenvalue weighted by Crippen LogP contribution is 2.46. The number of aryl methyl sites for hydroxylation is 1. The predicted molar refractivity (Wildman–Crippen MR) is 154 cm³/mol. The second kappa shape index (κ2) is 9.49. The summed E-state index contributed by atoms with van der Waals surface area (Å²) in [5.41, 5.74) is 2.28. The fraction of sp³-hybridized carbons (Fsp3) is 0.571. The smallest absolute Gasteiger partial charge is 0.266 e. The number of aromatic nitrogens is 6. The van der Waals surface area contributed by atoms with E-state index in [1.165, 1.54) is 0 Å². The van der Waals surface area contributed by atoms with Gasteiger partial charge in [-0.05, 0) is 63.5 Å². The van der Waals surface area contributed by atoms with Crippen molar-refractivity contribution in [3.8, 4) is 11.3 Å². The number of fused-ring (bicyclic) bond motifs is 4. The van der Waals surface area contributed by atoms with Crippen LogP contribution in [0.4, 0.5) is 5.95 Å². The summed E-state index contributed by atoms with van der Waals surface area (Å²) >= 11 is 13.7. The molecule has 0 N–H and O–H groups in total. The number of anilines is 1. The first kappa shape index (κ1) is 25.4. The van der Waals surface area contributed by atoms with Gasteiger partial charge in [0.2, 0.25) is 5.95 Å². The maximum Gasteiger partial charge on any atom is 0.266 e. The summed E-state index contributed by atoms with van der Waals surface area (Å²) in [6.07, 6.45) is 7.18. The molecule has 2 bridgehead atoms. The maximum absolute atomic E-state index is 14.2. The molecule has 0 aliphatic carbocycles. The Balaban J connectivity index is 1.47. The van der Waals surface area contributed by atoms with E-state index in [4.69, 9.17) is 38.0 Å².